The lowest BCUT2D eigenvalue weighted by Crippen LogP contribution is -1.80. The molecule has 0 bridgehead atoms. The Labute approximate surface area is 65.8 Å². The van der Waals surface area contributed by atoms with E-state index in [4.69, 9.17) is 4.74 Å². The van der Waals surface area contributed by atoms with Crippen LogP contribution in [-0.2, 0) is 4.74 Å². The molecule has 10 heavy (non-hydrogen) atoms. The van der Waals surface area contributed by atoms with Gasteiger partial charge in [-0.3, -0.25) is 0 Å². The molecular weight excluding hydrogens is 124 g/mol. The first kappa shape index (κ1) is 16.3. The van der Waals surface area contributed by atoms with E-state index in [-0.39, 0.29) is 0 Å². The molecule has 0 aliphatic heterocycles. The van der Waals surface area contributed by atoms with Crippen LogP contribution in [0.3, 0.4) is 0 Å². The van der Waals surface area contributed by atoms with Crippen molar-refractivity contribution in [1.29, 1.82) is 0 Å². The van der Waals surface area contributed by atoms with Crippen molar-refractivity contribution in [2.75, 3.05) is 13.7 Å². The van der Waals surface area contributed by atoms with Crippen molar-refractivity contribution >= 4 is 0 Å². The summed E-state index contributed by atoms with van der Waals surface area (Å²) < 4.78 is 4.69. The molecule has 0 aromatic rings. The SMILES string of the molecule is C#C.CCC.CCCOC. The van der Waals surface area contributed by atoms with Crippen molar-refractivity contribution in [2.45, 2.75) is 33.6 Å². The molecule has 0 spiro atoms. The van der Waals surface area contributed by atoms with Crippen molar-refractivity contribution in [1.82, 2.24) is 0 Å². The van der Waals surface area contributed by atoms with Gasteiger partial charge in [0.1, 0.15) is 0 Å². The smallest absolute Gasteiger partial charge is 0.0459 e. The van der Waals surface area contributed by atoms with Gasteiger partial charge in [-0.1, -0.05) is 27.2 Å². The summed E-state index contributed by atoms with van der Waals surface area (Å²) in [6.07, 6.45) is 10.4. The van der Waals surface area contributed by atoms with Crippen LogP contribution < -0.4 is 0 Å². The Morgan fingerprint density at radius 3 is 1.40 bits per heavy atom. The summed E-state index contributed by atoms with van der Waals surface area (Å²) >= 11 is 0. The number of hydrogen-bond donors (Lipinski definition) is 0. The van der Waals surface area contributed by atoms with Gasteiger partial charge >= 0.3 is 0 Å². The standard InChI is InChI=1S/C4H10O.C3H8.C2H2/c1-3-4-5-2;1-3-2;1-2/h3-4H2,1-2H3;3H2,1-2H3;1-2H. The fourth-order valence-electron chi connectivity index (χ4n) is 0.204. The Morgan fingerprint density at radius 2 is 1.40 bits per heavy atom. The van der Waals surface area contributed by atoms with Gasteiger partial charge in [-0.15, -0.1) is 12.8 Å². The number of methoxy groups -OCH3 is 1. The second-order valence-electron chi connectivity index (χ2n) is 1.70. The van der Waals surface area contributed by atoms with Crippen LogP contribution in [-0.4, -0.2) is 13.7 Å². The van der Waals surface area contributed by atoms with Gasteiger partial charge in [-0.2, -0.15) is 0 Å². The molecule has 0 radical (unpaired) electrons. The molecule has 0 aromatic heterocycles. The number of terminal acetylenes is 1. The van der Waals surface area contributed by atoms with E-state index in [0.717, 1.165) is 13.0 Å². The van der Waals surface area contributed by atoms with Crippen molar-refractivity contribution in [3.63, 3.8) is 0 Å². The molecule has 1 nitrogen and oxygen atoms in total. The first-order valence-electron chi connectivity index (χ1n) is 3.65. The van der Waals surface area contributed by atoms with E-state index in [1.54, 1.807) is 7.11 Å². The highest BCUT2D eigenvalue weighted by molar-refractivity contribution is 4.47. The van der Waals surface area contributed by atoms with E-state index in [1.165, 1.54) is 6.42 Å². The average molecular weight is 144 g/mol. The molecule has 0 saturated carbocycles. The topological polar surface area (TPSA) is 9.23 Å². The third kappa shape index (κ3) is 138. The molecule has 0 N–H and O–H groups in total. The minimum atomic E-state index is 0.889. The molecule has 0 aromatic carbocycles. The van der Waals surface area contributed by atoms with Gasteiger partial charge in [0.05, 0.1) is 0 Å². The summed E-state index contributed by atoms with van der Waals surface area (Å²) in [5.41, 5.74) is 0. The zero-order chi connectivity index (χ0) is 8.83. The molecule has 0 heterocycles. The molecule has 0 amide bonds. The Kier molecular flexibility index (Phi) is 63.2. The normalized spacial score (nSPS) is 6.20. The molecule has 1 heteroatoms. The Hall–Kier alpha value is -0.480. The molecule has 62 valence electrons. The summed E-state index contributed by atoms with van der Waals surface area (Å²) in [5, 5.41) is 0. The van der Waals surface area contributed by atoms with Crippen LogP contribution in [0, 0.1) is 12.8 Å². The Morgan fingerprint density at radius 1 is 1.10 bits per heavy atom. The minimum Gasteiger partial charge on any atom is -0.385 e. The molecule has 0 rings (SSSR count). The van der Waals surface area contributed by atoms with E-state index >= 15 is 0 Å². The van der Waals surface area contributed by atoms with E-state index in [2.05, 4.69) is 33.6 Å². The van der Waals surface area contributed by atoms with Gasteiger partial charge in [0.25, 0.3) is 0 Å². The van der Waals surface area contributed by atoms with Gasteiger partial charge in [0, 0.05) is 13.7 Å². The van der Waals surface area contributed by atoms with Crippen LogP contribution in [0.2, 0.25) is 0 Å². The lowest BCUT2D eigenvalue weighted by molar-refractivity contribution is 0.199. The Bertz CT molecular complexity index is 37.2. The molecule has 0 saturated heterocycles. The zero-order valence-electron chi connectivity index (χ0n) is 7.68. The molecule has 0 aliphatic carbocycles. The summed E-state index contributed by atoms with van der Waals surface area (Å²) in [6.45, 7) is 7.23. The average Bonchev–Trinajstić information content (AvgIpc) is 1.96. The molecular formula is C9H20O. The predicted molar refractivity (Wildman–Crippen MR) is 48.0 cm³/mol. The monoisotopic (exact) mass is 144 g/mol. The number of ether oxygens (including phenoxy) is 1. The first-order chi connectivity index (χ1) is 4.83. The van der Waals surface area contributed by atoms with Gasteiger partial charge in [0.15, 0.2) is 0 Å². The van der Waals surface area contributed by atoms with Crippen molar-refractivity contribution in [3.05, 3.63) is 0 Å². The van der Waals surface area contributed by atoms with Crippen LogP contribution in [0.1, 0.15) is 33.6 Å². The van der Waals surface area contributed by atoms with Crippen molar-refractivity contribution < 1.29 is 4.74 Å². The molecule has 0 aliphatic rings. The van der Waals surface area contributed by atoms with Crippen LogP contribution in [0.15, 0.2) is 0 Å². The molecule has 0 atom stereocenters. The highest BCUT2D eigenvalue weighted by Crippen LogP contribution is 1.70. The number of hydrogen-bond acceptors (Lipinski definition) is 1. The van der Waals surface area contributed by atoms with E-state index in [1.807, 2.05) is 0 Å². The lowest BCUT2D eigenvalue weighted by atomic mass is 10.5. The summed E-state index contributed by atoms with van der Waals surface area (Å²) in [5.74, 6) is 0. The summed E-state index contributed by atoms with van der Waals surface area (Å²) in [6, 6.07) is 0. The van der Waals surface area contributed by atoms with Crippen LogP contribution in [0.5, 0.6) is 0 Å². The quantitative estimate of drug-likeness (QED) is 0.541. The first-order valence-corrected chi connectivity index (χ1v) is 3.65. The maximum absolute atomic E-state index is 4.69. The van der Waals surface area contributed by atoms with Gasteiger partial charge in [0.2, 0.25) is 0 Å². The van der Waals surface area contributed by atoms with Crippen LogP contribution in [0.4, 0.5) is 0 Å². The summed E-state index contributed by atoms with van der Waals surface area (Å²) in [7, 11) is 1.71. The van der Waals surface area contributed by atoms with Gasteiger partial charge in [-0.25, -0.2) is 0 Å². The predicted octanol–water partition coefficient (Wildman–Crippen LogP) is 2.71. The third-order valence-electron chi connectivity index (χ3n) is 0.408. The maximum Gasteiger partial charge on any atom is 0.0459 e. The van der Waals surface area contributed by atoms with Crippen molar-refractivity contribution in [2.24, 2.45) is 0 Å². The van der Waals surface area contributed by atoms with E-state index < -0.39 is 0 Å². The van der Waals surface area contributed by atoms with Gasteiger partial charge in [-0.05, 0) is 6.42 Å². The Balaban J connectivity index is -0.0000000847. The maximum atomic E-state index is 4.69. The highest BCUT2D eigenvalue weighted by Gasteiger charge is 1.66. The largest absolute Gasteiger partial charge is 0.385 e. The molecule has 0 unspecified atom stereocenters. The summed E-state index contributed by atoms with van der Waals surface area (Å²) in [4.78, 5) is 0. The van der Waals surface area contributed by atoms with Crippen LogP contribution >= 0.6 is 0 Å². The highest BCUT2D eigenvalue weighted by atomic mass is 16.5. The van der Waals surface area contributed by atoms with Crippen LogP contribution in [0.25, 0.3) is 0 Å². The molecule has 0 fully saturated rings. The minimum absolute atomic E-state index is 0.889. The second kappa shape index (κ2) is 38.9. The third-order valence-corrected chi connectivity index (χ3v) is 0.408. The van der Waals surface area contributed by atoms with E-state index in [0.29, 0.717) is 0 Å². The fraction of sp³-hybridized carbons (Fsp3) is 0.778. The van der Waals surface area contributed by atoms with Crippen molar-refractivity contribution in [3.8, 4) is 12.8 Å². The van der Waals surface area contributed by atoms with Gasteiger partial charge < -0.3 is 4.74 Å². The lowest BCUT2D eigenvalue weighted by Gasteiger charge is -1.84. The second-order valence-corrected chi connectivity index (χ2v) is 1.70. The number of rotatable bonds is 2. The fourth-order valence-corrected chi connectivity index (χ4v) is 0.204. The zero-order valence-corrected chi connectivity index (χ0v) is 7.68. The van der Waals surface area contributed by atoms with E-state index in [9.17, 15) is 0 Å².